The van der Waals surface area contributed by atoms with E-state index in [0.717, 1.165) is 10.5 Å². The largest absolute Gasteiger partial charge is 0.493 e. The van der Waals surface area contributed by atoms with Crippen LogP contribution in [0.4, 0.5) is 0 Å². The summed E-state index contributed by atoms with van der Waals surface area (Å²) in [5.74, 6) is 0.981. The van der Waals surface area contributed by atoms with Gasteiger partial charge in [0.25, 0.3) is 0 Å². The van der Waals surface area contributed by atoms with Gasteiger partial charge in [0.1, 0.15) is 0 Å². The third kappa shape index (κ3) is 3.62. The molecule has 1 aromatic carbocycles. The maximum absolute atomic E-state index is 12.1. The minimum atomic E-state index is -0.244. The molecule has 0 radical (unpaired) electrons. The molecule has 2 heterocycles. The molecule has 3 rings (SSSR count). The van der Waals surface area contributed by atoms with Crippen LogP contribution >= 0.6 is 22.9 Å². The molecule has 0 spiro atoms. The molecule has 1 amide bonds. The van der Waals surface area contributed by atoms with Crippen LogP contribution in [0.3, 0.4) is 0 Å². The summed E-state index contributed by atoms with van der Waals surface area (Å²) < 4.78 is 12.4. The van der Waals surface area contributed by atoms with Gasteiger partial charge in [-0.05, 0) is 12.1 Å². The Bertz CT molecular complexity index is 933. The van der Waals surface area contributed by atoms with Crippen molar-refractivity contribution in [3.63, 3.8) is 0 Å². The van der Waals surface area contributed by atoms with Crippen molar-refractivity contribution in [2.45, 2.75) is 6.54 Å². The van der Waals surface area contributed by atoms with Crippen molar-refractivity contribution in [2.24, 2.45) is 0 Å². The molecule has 0 aliphatic rings. The van der Waals surface area contributed by atoms with E-state index in [4.69, 9.17) is 21.1 Å². The summed E-state index contributed by atoms with van der Waals surface area (Å²) in [6.45, 7) is 0.317. The number of hydrogen-bond acceptors (Lipinski definition) is 5. The number of amides is 1. The first-order chi connectivity index (χ1) is 12.1. The summed E-state index contributed by atoms with van der Waals surface area (Å²) in [4.78, 5) is 17.1. The highest BCUT2D eigenvalue weighted by Gasteiger charge is 2.11. The van der Waals surface area contributed by atoms with Gasteiger partial charge in [-0.1, -0.05) is 23.7 Å². The van der Waals surface area contributed by atoms with E-state index in [1.807, 2.05) is 28.1 Å². The molecule has 0 unspecified atom stereocenters. The number of rotatable bonds is 6. The molecule has 1 N–H and O–H groups in total. The van der Waals surface area contributed by atoms with Crippen LogP contribution in [-0.4, -0.2) is 29.5 Å². The number of ether oxygens (including phenoxy) is 2. The topological polar surface area (TPSA) is 64.9 Å². The van der Waals surface area contributed by atoms with Crippen LogP contribution in [0.25, 0.3) is 11.0 Å². The second-order valence-corrected chi connectivity index (χ2v) is 6.28. The number of para-hydroxylation sites is 1. The molecule has 0 aliphatic heterocycles. The van der Waals surface area contributed by atoms with Gasteiger partial charge in [-0.25, -0.2) is 4.98 Å². The monoisotopic (exact) mass is 377 g/mol. The Kier molecular flexibility index (Phi) is 5.25. The third-order valence-corrected chi connectivity index (χ3v) is 4.62. The number of nitrogens with one attached hydrogen (secondary N) is 1. The average molecular weight is 378 g/mol. The molecule has 0 saturated carbocycles. The van der Waals surface area contributed by atoms with E-state index in [-0.39, 0.29) is 5.91 Å². The standard InChI is InChI=1S/C17H16ClN3O3S/c1-23-13-5-3-4-11(15(13)24-2)10-19-14(22)7-6-12-16(18)20-17-21(12)8-9-25-17/h3-9H,10H2,1-2H3,(H,19,22)/b7-6+. The number of carbonyl (C=O) groups excluding carboxylic acids is 1. The normalized spacial score (nSPS) is 11.2. The third-order valence-electron chi connectivity index (χ3n) is 3.58. The average Bonchev–Trinajstić information content (AvgIpc) is 3.18. The van der Waals surface area contributed by atoms with Crippen molar-refractivity contribution in [2.75, 3.05) is 14.2 Å². The number of aromatic nitrogens is 2. The van der Waals surface area contributed by atoms with Crippen LogP contribution in [0.5, 0.6) is 11.5 Å². The summed E-state index contributed by atoms with van der Waals surface area (Å²) in [5, 5.41) is 5.09. The SMILES string of the molecule is COc1cccc(CNC(=O)/C=C/c2c(Cl)nc3sccn23)c1OC. The van der Waals surface area contributed by atoms with Gasteiger partial charge in [0, 0.05) is 29.8 Å². The van der Waals surface area contributed by atoms with Gasteiger partial charge in [0.2, 0.25) is 5.91 Å². The first kappa shape index (κ1) is 17.3. The number of methoxy groups -OCH3 is 2. The van der Waals surface area contributed by atoms with Crippen molar-refractivity contribution in [3.8, 4) is 11.5 Å². The Morgan fingerprint density at radius 2 is 2.24 bits per heavy atom. The van der Waals surface area contributed by atoms with E-state index in [9.17, 15) is 4.79 Å². The number of thiazole rings is 1. The number of nitrogens with zero attached hydrogens (tertiary/aromatic N) is 2. The molecule has 8 heteroatoms. The lowest BCUT2D eigenvalue weighted by Gasteiger charge is -2.12. The van der Waals surface area contributed by atoms with Crippen LogP contribution in [0.1, 0.15) is 11.3 Å². The van der Waals surface area contributed by atoms with Crippen LogP contribution in [0.2, 0.25) is 5.15 Å². The minimum Gasteiger partial charge on any atom is -0.493 e. The molecule has 0 fully saturated rings. The highest BCUT2D eigenvalue weighted by molar-refractivity contribution is 7.15. The zero-order chi connectivity index (χ0) is 17.8. The Hall–Kier alpha value is -2.51. The van der Waals surface area contributed by atoms with E-state index in [1.54, 1.807) is 26.4 Å². The van der Waals surface area contributed by atoms with Gasteiger partial charge in [-0.3, -0.25) is 9.20 Å². The second kappa shape index (κ2) is 7.58. The molecular weight excluding hydrogens is 362 g/mol. The van der Waals surface area contributed by atoms with Gasteiger partial charge in [0.05, 0.1) is 19.9 Å². The summed E-state index contributed by atoms with van der Waals surface area (Å²) in [7, 11) is 3.14. The highest BCUT2D eigenvalue weighted by atomic mass is 35.5. The number of imidazole rings is 1. The van der Waals surface area contributed by atoms with E-state index in [1.165, 1.54) is 17.4 Å². The lowest BCUT2D eigenvalue weighted by atomic mass is 10.2. The van der Waals surface area contributed by atoms with Crippen LogP contribution in [-0.2, 0) is 11.3 Å². The van der Waals surface area contributed by atoms with Crippen LogP contribution in [0, 0.1) is 0 Å². The molecule has 0 saturated heterocycles. The maximum Gasteiger partial charge on any atom is 0.244 e. The van der Waals surface area contributed by atoms with E-state index < -0.39 is 0 Å². The molecule has 2 aromatic heterocycles. The van der Waals surface area contributed by atoms with Crippen LogP contribution in [0.15, 0.2) is 35.9 Å². The minimum absolute atomic E-state index is 0.244. The van der Waals surface area contributed by atoms with Gasteiger partial charge in [-0.2, -0.15) is 0 Å². The predicted molar refractivity (Wildman–Crippen MR) is 98.5 cm³/mol. The number of fused-ring (bicyclic) bond motifs is 1. The Balaban J connectivity index is 1.69. The zero-order valence-corrected chi connectivity index (χ0v) is 15.2. The lowest BCUT2D eigenvalue weighted by Crippen LogP contribution is -2.20. The molecule has 0 bridgehead atoms. The summed E-state index contributed by atoms with van der Waals surface area (Å²) in [6.07, 6.45) is 4.93. The van der Waals surface area contributed by atoms with Crippen molar-refractivity contribution in [1.82, 2.24) is 14.7 Å². The number of hydrogen-bond donors (Lipinski definition) is 1. The fourth-order valence-electron chi connectivity index (χ4n) is 2.41. The Morgan fingerprint density at radius 3 is 3.00 bits per heavy atom. The molecule has 0 atom stereocenters. The number of benzene rings is 1. The summed E-state index contributed by atoms with van der Waals surface area (Å²) in [5.41, 5.74) is 1.50. The highest BCUT2D eigenvalue weighted by Crippen LogP contribution is 2.30. The predicted octanol–water partition coefficient (Wildman–Crippen LogP) is 3.40. The molecular formula is C17H16ClN3O3S. The summed E-state index contributed by atoms with van der Waals surface area (Å²) >= 11 is 7.58. The Morgan fingerprint density at radius 1 is 1.40 bits per heavy atom. The molecule has 3 aromatic rings. The van der Waals surface area contributed by atoms with Gasteiger partial charge in [0.15, 0.2) is 21.6 Å². The lowest BCUT2D eigenvalue weighted by molar-refractivity contribution is -0.116. The first-order valence-corrected chi connectivity index (χ1v) is 8.66. The van der Waals surface area contributed by atoms with Crippen molar-refractivity contribution in [1.29, 1.82) is 0 Å². The van der Waals surface area contributed by atoms with Gasteiger partial charge in [-0.15, -0.1) is 11.3 Å². The fraction of sp³-hybridized carbons (Fsp3) is 0.176. The van der Waals surface area contributed by atoms with Crippen LogP contribution < -0.4 is 14.8 Å². The zero-order valence-electron chi connectivity index (χ0n) is 13.7. The van der Waals surface area contributed by atoms with E-state index in [2.05, 4.69) is 10.3 Å². The quantitative estimate of drug-likeness (QED) is 0.669. The van der Waals surface area contributed by atoms with Gasteiger partial charge >= 0.3 is 0 Å². The van der Waals surface area contributed by atoms with Crippen molar-refractivity contribution < 1.29 is 14.3 Å². The van der Waals surface area contributed by atoms with E-state index >= 15 is 0 Å². The smallest absolute Gasteiger partial charge is 0.244 e. The molecule has 0 aliphatic carbocycles. The summed E-state index contributed by atoms with van der Waals surface area (Å²) in [6, 6.07) is 5.52. The van der Waals surface area contributed by atoms with E-state index in [0.29, 0.717) is 28.9 Å². The molecule has 25 heavy (non-hydrogen) atoms. The molecule has 6 nitrogen and oxygen atoms in total. The fourth-order valence-corrected chi connectivity index (χ4v) is 3.42. The maximum atomic E-state index is 12.1. The second-order valence-electron chi connectivity index (χ2n) is 5.05. The van der Waals surface area contributed by atoms with Crippen molar-refractivity contribution in [3.05, 3.63) is 52.3 Å². The number of carbonyl (C=O) groups is 1. The molecule has 130 valence electrons. The Labute approximate surface area is 153 Å². The first-order valence-electron chi connectivity index (χ1n) is 7.41. The van der Waals surface area contributed by atoms with Gasteiger partial charge < -0.3 is 14.8 Å². The number of halogens is 1. The van der Waals surface area contributed by atoms with Crippen molar-refractivity contribution >= 4 is 39.9 Å².